The van der Waals surface area contributed by atoms with Crippen molar-refractivity contribution in [2.24, 2.45) is 5.92 Å². The number of hydrogen-bond donors (Lipinski definition) is 1. The molecule has 0 saturated carbocycles. The Labute approximate surface area is 86.1 Å². The van der Waals surface area contributed by atoms with Crippen molar-refractivity contribution in [2.75, 3.05) is 13.1 Å². The molecule has 0 aliphatic carbocycles. The molecule has 0 aromatic carbocycles. The number of nitrogens with zero attached hydrogens (tertiary/aromatic N) is 1. The van der Waals surface area contributed by atoms with E-state index in [1.165, 1.54) is 0 Å². The third-order valence-corrected chi connectivity index (χ3v) is 3.00. The average molecular weight is 199 g/mol. The lowest BCUT2D eigenvalue weighted by Gasteiger charge is -2.17. The standard InChI is InChI=1S/C11H21NO2/c1-3-4-5-11(14)12-7-6-10(8-12)9(2)13/h9-10,13H,3-8H2,1-2H3. The van der Waals surface area contributed by atoms with E-state index in [1.54, 1.807) is 0 Å². The van der Waals surface area contributed by atoms with Crippen molar-refractivity contribution in [1.29, 1.82) is 0 Å². The van der Waals surface area contributed by atoms with Gasteiger partial charge in [-0.3, -0.25) is 4.79 Å². The quantitative estimate of drug-likeness (QED) is 0.743. The van der Waals surface area contributed by atoms with Crippen molar-refractivity contribution in [2.45, 2.75) is 45.6 Å². The molecular weight excluding hydrogens is 178 g/mol. The fourth-order valence-corrected chi connectivity index (χ4v) is 1.89. The molecule has 82 valence electrons. The minimum absolute atomic E-state index is 0.259. The normalized spacial score (nSPS) is 23.9. The van der Waals surface area contributed by atoms with Crippen LogP contribution in [0.25, 0.3) is 0 Å². The van der Waals surface area contributed by atoms with Crippen LogP contribution in [0.1, 0.15) is 39.5 Å². The molecule has 2 unspecified atom stereocenters. The van der Waals surface area contributed by atoms with E-state index in [4.69, 9.17) is 0 Å². The Hall–Kier alpha value is -0.570. The molecule has 0 spiro atoms. The Bertz CT molecular complexity index is 192. The van der Waals surface area contributed by atoms with E-state index in [-0.39, 0.29) is 12.0 Å². The maximum Gasteiger partial charge on any atom is 0.222 e. The van der Waals surface area contributed by atoms with Crippen molar-refractivity contribution in [1.82, 2.24) is 4.90 Å². The Morgan fingerprint density at radius 1 is 1.64 bits per heavy atom. The lowest BCUT2D eigenvalue weighted by Crippen LogP contribution is -2.30. The number of carbonyl (C=O) groups excluding carboxylic acids is 1. The van der Waals surface area contributed by atoms with Crippen LogP contribution in [0.3, 0.4) is 0 Å². The lowest BCUT2D eigenvalue weighted by molar-refractivity contribution is -0.130. The molecule has 0 aromatic rings. The molecule has 3 heteroatoms. The minimum atomic E-state index is -0.279. The van der Waals surface area contributed by atoms with Crippen LogP contribution in [0.5, 0.6) is 0 Å². The summed E-state index contributed by atoms with van der Waals surface area (Å²) in [5.74, 6) is 0.551. The molecule has 1 rings (SSSR count). The lowest BCUT2D eigenvalue weighted by atomic mass is 10.0. The second kappa shape index (κ2) is 5.35. The average Bonchev–Trinajstić information content (AvgIpc) is 2.62. The summed E-state index contributed by atoms with van der Waals surface area (Å²) < 4.78 is 0. The summed E-state index contributed by atoms with van der Waals surface area (Å²) in [6.07, 6.45) is 3.39. The van der Waals surface area contributed by atoms with Crippen LogP contribution < -0.4 is 0 Å². The van der Waals surface area contributed by atoms with Gasteiger partial charge in [0, 0.05) is 25.4 Å². The van der Waals surface area contributed by atoms with Crippen LogP contribution in [-0.4, -0.2) is 35.1 Å². The van der Waals surface area contributed by atoms with Gasteiger partial charge in [-0.2, -0.15) is 0 Å². The second-order valence-corrected chi connectivity index (χ2v) is 4.23. The molecule has 1 heterocycles. The van der Waals surface area contributed by atoms with Gasteiger partial charge in [0.2, 0.25) is 5.91 Å². The fraction of sp³-hybridized carbons (Fsp3) is 0.909. The first kappa shape index (κ1) is 11.5. The highest BCUT2D eigenvalue weighted by molar-refractivity contribution is 5.76. The highest BCUT2D eigenvalue weighted by Crippen LogP contribution is 2.20. The van der Waals surface area contributed by atoms with E-state index in [9.17, 15) is 9.90 Å². The Morgan fingerprint density at radius 2 is 2.36 bits per heavy atom. The van der Waals surface area contributed by atoms with Crippen molar-refractivity contribution in [3.63, 3.8) is 0 Å². The summed E-state index contributed by atoms with van der Waals surface area (Å²) in [6, 6.07) is 0. The first-order valence-corrected chi connectivity index (χ1v) is 5.61. The zero-order chi connectivity index (χ0) is 10.6. The van der Waals surface area contributed by atoms with Gasteiger partial charge in [0.15, 0.2) is 0 Å². The number of aliphatic hydroxyl groups excluding tert-OH is 1. The zero-order valence-corrected chi connectivity index (χ0v) is 9.20. The number of unbranched alkanes of at least 4 members (excludes halogenated alkanes) is 1. The summed E-state index contributed by atoms with van der Waals surface area (Å²) in [5.41, 5.74) is 0. The van der Waals surface area contributed by atoms with Crippen LogP contribution in [0.4, 0.5) is 0 Å². The van der Waals surface area contributed by atoms with E-state index < -0.39 is 0 Å². The molecule has 0 radical (unpaired) electrons. The van der Waals surface area contributed by atoms with Crippen LogP contribution in [0.15, 0.2) is 0 Å². The van der Waals surface area contributed by atoms with Crippen LogP contribution in [-0.2, 0) is 4.79 Å². The van der Waals surface area contributed by atoms with Crippen molar-refractivity contribution < 1.29 is 9.90 Å². The largest absolute Gasteiger partial charge is 0.393 e. The molecule has 1 aliphatic heterocycles. The summed E-state index contributed by atoms with van der Waals surface area (Å²) in [7, 11) is 0. The van der Waals surface area contributed by atoms with Crippen LogP contribution in [0, 0.1) is 5.92 Å². The maximum absolute atomic E-state index is 11.6. The number of hydrogen-bond acceptors (Lipinski definition) is 2. The Morgan fingerprint density at radius 3 is 2.86 bits per heavy atom. The van der Waals surface area contributed by atoms with E-state index >= 15 is 0 Å². The predicted octanol–water partition coefficient (Wildman–Crippen LogP) is 1.41. The number of rotatable bonds is 4. The predicted molar refractivity (Wildman–Crippen MR) is 55.9 cm³/mol. The number of amides is 1. The Balaban J connectivity index is 2.30. The van der Waals surface area contributed by atoms with Gasteiger partial charge in [0.25, 0.3) is 0 Å². The second-order valence-electron chi connectivity index (χ2n) is 4.23. The zero-order valence-electron chi connectivity index (χ0n) is 9.20. The van der Waals surface area contributed by atoms with Crippen molar-refractivity contribution in [3.05, 3.63) is 0 Å². The molecule has 1 aliphatic rings. The van der Waals surface area contributed by atoms with Gasteiger partial charge in [-0.25, -0.2) is 0 Å². The molecular formula is C11H21NO2. The van der Waals surface area contributed by atoms with E-state index in [0.717, 1.165) is 32.4 Å². The molecule has 14 heavy (non-hydrogen) atoms. The molecule has 1 N–H and O–H groups in total. The van der Waals surface area contributed by atoms with Gasteiger partial charge in [0.05, 0.1) is 6.10 Å². The molecule has 1 amide bonds. The van der Waals surface area contributed by atoms with Gasteiger partial charge in [0.1, 0.15) is 0 Å². The first-order valence-electron chi connectivity index (χ1n) is 5.61. The summed E-state index contributed by atoms with van der Waals surface area (Å²) >= 11 is 0. The smallest absolute Gasteiger partial charge is 0.222 e. The summed E-state index contributed by atoms with van der Waals surface area (Å²) in [4.78, 5) is 13.5. The summed E-state index contributed by atoms with van der Waals surface area (Å²) in [5, 5.41) is 9.39. The molecule has 0 bridgehead atoms. The molecule has 0 aromatic heterocycles. The minimum Gasteiger partial charge on any atom is -0.393 e. The van der Waals surface area contributed by atoms with E-state index in [1.807, 2.05) is 11.8 Å². The summed E-state index contributed by atoms with van der Waals surface area (Å²) in [6.45, 7) is 5.48. The van der Waals surface area contributed by atoms with E-state index in [0.29, 0.717) is 12.3 Å². The number of aliphatic hydroxyl groups is 1. The molecule has 1 saturated heterocycles. The van der Waals surface area contributed by atoms with E-state index in [2.05, 4.69) is 6.92 Å². The monoisotopic (exact) mass is 199 g/mol. The van der Waals surface area contributed by atoms with Crippen LogP contribution >= 0.6 is 0 Å². The highest BCUT2D eigenvalue weighted by Gasteiger charge is 2.28. The number of carbonyl (C=O) groups is 1. The molecule has 1 fully saturated rings. The van der Waals surface area contributed by atoms with Crippen molar-refractivity contribution >= 4 is 5.91 Å². The van der Waals surface area contributed by atoms with Gasteiger partial charge in [-0.1, -0.05) is 13.3 Å². The van der Waals surface area contributed by atoms with Gasteiger partial charge in [-0.15, -0.1) is 0 Å². The third-order valence-electron chi connectivity index (χ3n) is 3.00. The highest BCUT2D eigenvalue weighted by atomic mass is 16.3. The molecule has 2 atom stereocenters. The maximum atomic E-state index is 11.6. The topological polar surface area (TPSA) is 40.5 Å². The first-order chi connectivity index (χ1) is 6.65. The number of likely N-dealkylation sites (tertiary alicyclic amines) is 1. The van der Waals surface area contributed by atoms with Crippen molar-refractivity contribution in [3.8, 4) is 0 Å². The van der Waals surface area contributed by atoms with Gasteiger partial charge in [-0.05, 0) is 19.8 Å². The fourth-order valence-electron chi connectivity index (χ4n) is 1.89. The van der Waals surface area contributed by atoms with Crippen LogP contribution in [0.2, 0.25) is 0 Å². The van der Waals surface area contributed by atoms with Gasteiger partial charge >= 0.3 is 0 Å². The molecule has 3 nitrogen and oxygen atoms in total. The third kappa shape index (κ3) is 2.98. The SMILES string of the molecule is CCCCC(=O)N1CCC(C(C)O)C1. The Kier molecular flexibility index (Phi) is 4.39. The van der Waals surface area contributed by atoms with Gasteiger partial charge < -0.3 is 10.0 Å².